The van der Waals surface area contributed by atoms with Crippen LogP contribution in [0.1, 0.15) is 41.5 Å². The standard InChI is InChI=1S/C19H20IN3O2S/c1-19(2,3)23-17(25)14-9-4-5-10-15(14)21-18(26)22-16(24)12-7-6-8-13(20)11-12/h4-11H,1-3H3,(H,23,25)(H2,21,22,24,26). The number of carbonyl (C=O) groups excluding carboxylic acids is 2. The molecule has 0 bridgehead atoms. The molecule has 2 amide bonds. The number of halogens is 1. The first-order chi connectivity index (χ1) is 12.2. The van der Waals surface area contributed by atoms with E-state index in [2.05, 4.69) is 38.5 Å². The monoisotopic (exact) mass is 481 g/mol. The Hall–Kier alpha value is -2.00. The Labute approximate surface area is 172 Å². The molecule has 2 aromatic carbocycles. The molecule has 7 heteroatoms. The summed E-state index contributed by atoms with van der Waals surface area (Å²) in [7, 11) is 0. The molecular weight excluding hydrogens is 461 g/mol. The zero-order valence-electron chi connectivity index (χ0n) is 14.7. The minimum Gasteiger partial charge on any atom is -0.347 e. The van der Waals surface area contributed by atoms with E-state index in [1.807, 2.05) is 26.8 Å². The van der Waals surface area contributed by atoms with Gasteiger partial charge in [0.1, 0.15) is 0 Å². The van der Waals surface area contributed by atoms with Crippen LogP contribution in [0.15, 0.2) is 48.5 Å². The Morgan fingerprint density at radius 3 is 2.35 bits per heavy atom. The minimum atomic E-state index is -0.358. The molecule has 0 aliphatic carbocycles. The third-order valence-corrected chi connectivity index (χ3v) is 4.10. The summed E-state index contributed by atoms with van der Waals surface area (Å²) in [5, 5.41) is 8.60. The first kappa shape index (κ1) is 20.3. The Morgan fingerprint density at radius 2 is 1.69 bits per heavy atom. The highest BCUT2D eigenvalue weighted by Crippen LogP contribution is 2.16. The number of para-hydroxylation sites is 1. The van der Waals surface area contributed by atoms with E-state index < -0.39 is 0 Å². The predicted molar refractivity (Wildman–Crippen MR) is 117 cm³/mol. The molecule has 0 saturated heterocycles. The average molecular weight is 481 g/mol. The lowest BCUT2D eigenvalue weighted by Gasteiger charge is -2.21. The second kappa shape index (κ2) is 8.59. The van der Waals surface area contributed by atoms with Crippen LogP contribution < -0.4 is 16.0 Å². The van der Waals surface area contributed by atoms with Crippen LogP contribution in [0.5, 0.6) is 0 Å². The fraction of sp³-hybridized carbons (Fsp3) is 0.211. The second-order valence-electron chi connectivity index (χ2n) is 6.67. The van der Waals surface area contributed by atoms with Crippen LogP contribution in [-0.4, -0.2) is 22.5 Å². The van der Waals surface area contributed by atoms with Gasteiger partial charge in [0.15, 0.2) is 5.11 Å². The molecule has 0 radical (unpaired) electrons. The quantitative estimate of drug-likeness (QED) is 0.459. The molecule has 26 heavy (non-hydrogen) atoms. The Kier molecular flexibility index (Phi) is 6.71. The van der Waals surface area contributed by atoms with E-state index in [0.29, 0.717) is 16.8 Å². The van der Waals surface area contributed by atoms with Gasteiger partial charge >= 0.3 is 0 Å². The van der Waals surface area contributed by atoms with Gasteiger partial charge in [-0.2, -0.15) is 0 Å². The van der Waals surface area contributed by atoms with Crippen molar-refractivity contribution in [1.82, 2.24) is 10.6 Å². The molecule has 0 aliphatic rings. The lowest BCUT2D eigenvalue weighted by Crippen LogP contribution is -2.41. The van der Waals surface area contributed by atoms with E-state index in [0.717, 1.165) is 3.57 Å². The van der Waals surface area contributed by atoms with E-state index in [4.69, 9.17) is 12.2 Å². The van der Waals surface area contributed by atoms with E-state index in [-0.39, 0.29) is 22.5 Å². The van der Waals surface area contributed by atoms with Gasteiger partial charge in [-0.1, -0.05) is 18.2 Å². The van der Waals surface area contributed by atoms with Gasteiger partial charge in [-0.05, 0) is 85.9 Å². The smallest absolute Gasteiger partial charge is 0.257 e. The number of thiocarbonyl (C=S) groups is 1. The van der Waals surface area contributed by atoms with E-state index in [1.165, 1.54) is 0 Å². The van der Waals surface area contributed by atoms with Crippen LogP contribution in [0.2, 0.25) is 0 Å². The Bertz CT molecular complexity index is 847. The third kappa shape index (κ3) is 6.06. The van der Waals surface area contributed by atoms with Crippen molar-refractivity contribution in [2.45, 2.75) is 26.3 Å². The zero-order valence-corrected chi connectivity index (χ0v) is 17.7. The molecular formula is C19H20IN3O2S. The highest BCUT2D eigenvalue weighted by Gasteiger charge is 2.18. The van der Waals surface area contributed by atoms with Crippen molar-refractivity contribution < 1.29 is 9.59 Å². The number of nitrogens with one attached hydrogen (secondary N) is 3. The van der Waals surface area contributed by atoms with Gasteiger partial charge in [0.2, 0.25) is 0 Å². The normalized spacial score (nSPS) is 10.8. The lowest BCUT2D eigenvalue weighted by molar-refractivity contribution is 0.0919. The first-order valence-corrected chi connectivity index (χ1v) is 9.44. The van der Waals surface area contributed by atoms with Crippen LogP contribution in [0.4, 0.5) is 5.69 Å². The van der Waals surface area contributed by atoms with Crippen molar-refractivity contribution in [2.75, 3.05) is 5.32 Å². The molecule has 2 rings (SSSR count). The molecule has 0 aromatic heterocycles. The molecule has 0 heterocycles. The molecule has 2 aromatic rings. The number of amides is 2. The molecule has 0 saturated carbocycles. The molecule has 0 unspecified atom stereocenters. The molecule has 0 spiro atoms. The predicted octanol–water partition coefficient (Wildman–Crippen LogP) is 3.95. The summed E-state index contributed by atoms with van der Waals surface area (Å²) in [5.41, 5.74) is 1.14. The van der Waals surface area contributed by atoms with Crippen molar-refractivity contribution in [3.63, 3.8) is 0 Å². The number of anilines is 1. The third-order valence-electron chi connectivity index (χ3n) is 3.22. The van der Waals surface area contributed by atoms with Crippen LogP contribution in [0.3, 0.4) is 0 Å². The van der Waals surface area contributed by atoms with Crippen molar-refractivity contribution in [3.05, 3.63) is 63.2 Å². The maximum absolute atomic E-state index is 12.5. The SMILES string of the molecule is CC(C)(C)NC(=O)c1ccccc1NC(=S)NC(=O)c1cccc(I)c1. The van der Waals surface area contributed by atoms with Crippen molar-refractivity contribution in [2.24, 2.45) is 0 Å². The van der Waals surface area contributed by atoms with E-state index in [1.54, 1.807) is 42.5 Å². The summed E-state index contributed by atoms with van der Waals surface area (Å²) >= 11 is 7.36. The van der Waals surface area contributed by atoms with Crippen LogP contribution in [-0.2, 0) is 0 Å². The van der Waals surface area contributed by atoms with Crippen molar-refractivity contribution >= 4 is 57.4 Å². The van der Waals surface area contributed by atoms with Crippen molar-refractivity contribution in [1.29, 1.82) is 0 Å². The zero-order chi connectivity index (χ0) is 19.3. The molecule has 0 fully saturated rings. The van der Waals surface area contributed by atoms with Crippen molar-refractivity contribution in [3.8, 4) is 0 Å². The fourth-order valence-corrected chi connectivity index (χ4v) is 2.90. The number of carbonyl (C=O) groups is 2. The average Bonchev–Trinajstić information content (AvgIpc) is 2.53. The van der Waals surface area contributed by atoms with Crippen LogP contribution in [0.25, 0.3) is 0 Å². The summed E-state index contributed by atoms with van der Waals surface area (Å²) < 4.78 is 0.957. The largest absolute Gasteiger partial charge is 0.347 e. The number of rotatable bonds is 3. The first-order valence-electron chi connectivity index (χ1n) is 7.95. The number of hydrogen-bond acceptors (Lipinski definition) is 3. The summed E-state index contributed by atoms with van der Waals surface area (Å²) in [4.78, 5) is 24.7. The van der Waals surface area contributed by atoms with Gasteiger partial charge in [0.25, 0.3) is 11.8 Å². The molecule has 3 N–H and O–H groups in total. The molecule has 0 atom stereocenters. The highest BCUT2D eigenvalue weighted by atomic mass is 127. The van der Waals surface area contributed by atoms with Crippen LogP contribution in [0, 0.1) is 3.57 Å². The van der Waals surface area contributed by atoms with Gasteiger partial charge in [0.05, 0.1) is 11.3 Å². The molecule has 0 aliphatic heterocycles. The Morgan fingerprint density at radius 1 is 1.00 bits per heavy atom. The van der Waals surface area contributed by atoms with Crippen LogP contribution >= 0.6 is 34.8 Å². The summed E-state index contributed by atoms with van der Waals surface area (Å²) in [6, 6.07) is 14.2. The maximum Gasteiger partial charge on any atom is 0.257 e. The van der Waals surface area contributed by atoms with Gasteiger partial charge in [-0.25, -0.2) is 0 Å². The fourth-order valence-electron chi connectivity index (χ4n) is 2.16. The van der Waals surface area contributed by atoms with E-state index in [9.17, 15) is 9.59 Å². The number of benzene rings is 2. The maximum atomic E-state index is 12.5. The van der Waals surface area contributed by atoms with E-state index >= 15 is 0 Å². The molecule has 136 valence electrons. The van der Waals surface area contributed by atoms with Gasteiger partial charge < -0.3 is 10.6 Å². The second-order valence-corrected chi connectivity index (χ2v) is 8.32. The highest BCUT2D eigenvalue weighted by molar-refractivity contribution is 14.1. The van der Waals surface area contributed by atoms with Gasteiger partial charge in [-0.3, -0.25) is 14.9 Å². The Balaban J connectivity index is 2.10. The van der Waals surface area contributed by atoms with Gasteiger partial charge in [-0.15, -0.1) is 0 Å². The number of hydrogen-bond donors (Lipinski definition) is 3. The summed E-state index contributed by atoms with van der Waals surface area (Å²) in [5.74, 6) is -0.523. The van der Waals surface area contributed by atoms with Gasteiger partial charge in [0, 0.05) is 14.7 Å². The lowest BCUT2D eigenvalue weighted by atomic mass is 10.1. The summed E-state index contributed by atoms with van der Waals surface area (Å²) in [6.45, 7) is 5.73. The molecule has 5 nitrogen and oxygen atoms in total. The summed E-state index contributed by atoms with van der Waals surface area (Å²) in [6.07, 6.45) is 0. The topological polar surface area (TPSA) is 70.2 Å². The minimum absolute atomic E-state index is 0.130.